The summed E-state index contributed by atoms with van der Waals surface area (Å²) in [7, 11) is 0. The van der Waals surface area contributed by atoms with Gasteiger partial charge in [-0.3, -0.25) is 0 Å². The highest BCUT2D eigenvalue weighted by atomic mass is 19.1. The summed E-state index contributed by atoms with van der Waals surface area (Å²) in [6.07, 6.45) is 2.09. The van der Waals surface area contributed by atoms with Crippen molar-refractivity contribution in [3.8, 4) is 0 Å². The Morgan fingerprint density at radius 1 is 1.14 bits per heavy atom. The minimum atomic E-state index is -0.126. The molecule has 0 saturated carbocycles. The number of halogens is 1. The summed E-state index contributed by atoms with van der Waals surface area (Å²) >= 11 is 0. The number of nitrogens with one attached hydrogen (secondary N) is 1. The van der Waals surface area contributed by atoms with Gasteiger partial charge in [-0.2, -0.15) is 0 Å². The molecule has 0 radical (unpaired) electrons. The predicted octanol–water partition coefficient (Wildman–Crippen LogP) is 3.89. The second-order valence-electron chi connectivity index (χ2n) is 5.90. The average molecular weight is 298 g/mol. The number of benzene rings is 2. The van der Waals surface area contributed by atoms with Crippen LogP contribution in [0.4, 0.5) is 10.1 Å². The van der Waals surface area contributed by atoms with Crippen LogP contribution >= 0.6 is 0 Å². The lowest BCUT2D eigenvalue weighted by Crippen LogP contribution is -2.31. The summed E-state index contributed by atoms with van der Waals surface area (Å²) in [6.45, 7) is 5.60. The molecule has 2 nitrogen and oxygen atoms in total. The van der Waals surface area contributed by atoms with Gasteiger partial charge in [0.25, 0.3) is 0 Å². The fraction of sp³-hybridized carbons (Fsp3) is 0.368. The zero-order chi connectivity index (χ0) is 15.4. The van der Waals surface area contributed by atoms with Crippen LogP contribution in [-0.2, 0) is 19.5 Å². The first kappa shape index (κ1) is 15.0. The zero-order valence-corrected chi connectivity index (χ0v) is 13.1. The van der Waals surface area contributed by atoms with Crippen molar-refractivity contribution < 1.29 is 4.39 Å². The SMILES string of the molecule is CCCNCc1ccc(F)c(N2CCc3ccccc3C2)c1. The van der Waals surface area contributed by atoms with Crippen molar-refractivity contribution in [3.05, 3.63) is 65.0 Å². The summed E-state index contributed by atoms with van der Waals surface area (Å²) < 4.78 is 14.3. The Morgan fingerprint density at radius 3 is 2.77 bits per heavy atom. The monoisotopic (exact) mass is 298 g/mol. The number of hydrogen-bond donors (Lipinski definition) is 1. The van der Waals surface area contributed by atoms with Crippen molar-refractivity contribution in [3.63, 3.8) is 0 Å². The third-order valence-corrected chi connectivity index (χ3v) is 4.24. The molecule has 0 aliphatic carbocycles. The van der Waals surface area contributed by atoms with Crippen LogP contribution in [0.15, 0.2) is 42.5 Å². The molecule has 1 aliphatic rings. The Bertz CT molecular complexity index is 639. The minimum Gasteiger partial charge on any atom is -0.364 e. The number of fused-ring (bicyclic) bond motifs is 1. The van der Waals surface area contributed by atoms with Crippen LogP contribution in [0, 0.1) is 5.82 Å². The maximum absolute atomic E-state index is 14.3. The van der Waals surface area contributed by atoms with Crippen LogP contribution in [0.2, 0.25) is 0 Å². The molecule has 3 rings (SSSR count). The van der Waals surface area contributed by atoms with E-state index in [0.29, 0.717) is 0 Å². The van der Waals surface area contributed by atoms with E-state index in [4.69, 9.17) is 0 Å². The predicted molar refractivity (Wildman–Crippen MR) is 89.6 cm³/mol. The van der Waals surface area contributed by atoms with Crippen LogP contribution < -0.4 is 10.2 Å². The molecule has 0 amide bonds. The number of hydrogen-bond acceptors (Lipinski definition) is 2. The molecule has 0 fully saturated rings. The second-order valence-corrected chi connectivity index (χ2v) is 5.90. The number of rotatable bonds is 5. The van der Waals surface area contributed by atoms with Gasteiger partial charge >= 0.3 is 0 Å². The Balaban J connectivity index is 1.78. The van der Waals surface area contributed by atoms with Crippen LogP contribution in [0.25, 0.3) is 0 Å². The van der Waals surface area contributed by atoms with Gasteiger partial charge in [0.15, 0.2) is 0 Å². The van der Waals surface area contributed by atoms with E-state index in [-0.39, 0.29) is 5.82 Å². The Morgan fingerprint density at radius 2 is 1.95 bits per heavy atom. The largest absolute Gasteiger partial charge is 0.364 e. The molecule has 116 valence electrons. The fourth-order valence-electron chi connectivity index (χ4n) is 3.02. The van der Waals surface area contributed by atoms with Crippen LogP contribution in [-0.4, -0.2) is 13.1 Å². The summed E-state index contributed by atoms with van der Waals surface area (Å²) in [5.41, 5.74) is 4.57. The van der Waals surface area contributed by atoms with Crippen LogP contribution in [0.5, 0.6) is 0 Å². The van der Waals surface area contributed by atoms with Gasteiger partial charge in [-0.15, -0.1) is 0 Å². The Kier molecular flexibility index (Phi) is 4.74. The van der Waals surface area contributed by atoms with Gasteiger partial charge in [-0.25, -0.2) is 4.39 Å². The normalized spacial score (nSPS) is 14.0. The molecule has 2 aromatic rings. The van der Waals surface area contributed by atoms with Gasteiger partial charge in [0.05, 0.1) is 5.69 Å². The molecule has 1 aliphatic heterocycles. The summed E-state index contributed by atoms with van der Waals surface area (Å²) in [6, 6.07) is 13.9. The maximum Gasteiger partial charge on any atom is 0.146 e. The van der Waals surface area contributed by atoms with Crippen molar-refractivity contribution in [1.82, 2.24) is 5.32 Å². The van der Waals surface area contributed by atoms with Crippen LogP contribution in [0.1, 0.15) is 30.0 Å². The first-order valence-corrected chi connectivity index (χ1v) is 8.09. The standard InChI is InChI=1S/C19H23FN2/c1-2-10-21-13-15-7-8-18(20)19(12-15)22-11-9-16-5-3-4-6-17(16)14-22/h3-8,12,21H,2,9-11,13-14H2,1H3. The van der Waals surface area contributed by atoms with Crippen molar-refractivity contribution in [2.75, 3.05) is 18.0 Å². The minimum absolute atomic E-state index is 0.126. The fourth-order valence-corrected chi connectivity index (χ4v) is 3.02. The lowest BCUT2D eigenvalue weighted by Gasteiger charge is -2.31. The van der Waals surface area contributed by atoms with Gasteiger partial charge in [-0.05, 0) is 48.2 Å². The lowest BCUT2D eigenvalue weighted by atomic mass is 9.99. The van der Waals surface area contributed by atoms with Crippen molar-refractivity contribution >= 4 is 5.69 Å². The maximum atomic E-state index is 14.3. The summed E-state index contributed by atoms with van der Waals surface area (Å²) in [4.78, 5) is 2.15. The van der Waals surface area contributed by atoms with E-state index in [1.165, 1.54) is 11.1 Å². The smallest absolute Gasteiger partial charge is 0.146 e. The highest BCUT2D eigenvalue weighted by Gasteiger charge is 2.18. The average Bonchev–Trinajstić information content (AvgIpc) is 2.56. The Labute approximate surface area is 132 Å². The third-order valence-electron chi connectivity index (χ3n) is 4.24. The molecule has 22 heavy (non-hydrogen) atoms. The van der Waals surface area contributed by atoms with Gasteiger partial charge in [0, 0.05) is 19.6 Å². The quantitative estimate of drug-likeness (QED) is 0.843. The van der Waals surface area contributed by atoms with Gasteiger partial charge in [0.2, 0.25) is 0 Å². The van der Waals surface area contributed by atoms with Crippen LogP contribution in [0.3, 0.4) is 0 Å². The molecule has 0 aromatic heterocycles. The molecule has 0 saturated heterocycles. The van der Waals surface area contributed by atoms with E-state index >= 15 is 0 Å². The van der Waals surface area contributed by atoms with E-state index in [0.717, 1.165) is 50.3 Å². The Hall–Kier alpha value is -1.87. The molecule has 0 atom stereocenters. The molecular formula is C19H23FN2. The molecule has 3 heteroatoms. The first-order chi connectivity index (χ1) is 10.8. The van der Waals surface area contributed by atoms with E-state index in [2.05, 4.69) is 41.4 Å². The molecule has 0 spiro atoms. The molecule has 0 bridgehead atoms. The van der Waals surface area contributed by atoms with E-state index in [1.807, 2.05) is 12.1 Å². The topological polar surface area (TPSA) is 15.3 Å². The number of anilines is 1. The van der Waals surface area contributed by atoms with Gasteiger partial charge in [-0.1, -0.05) is 37.3 Å². The van der Waals surface area contributed by atoms with Gasteiger partial charge in [0.1, 0.15) is 5.82 Å². The van der Waals surface area contributed by atoms with E-state index in [1.54, 1.807) is 6.07 Å². The molecule has 0 unspecified atom stereocenters. The van der Waals surface area contributed by atoms with Crippen molar-refractivity contribution in [2.45, 2.75) is 32.9 Å². The van der Waals surface area contributed by atoms with E-state index in [9.17, 15) is 4.39 Å². The van der Waals surface area contributed by atoms with Crippen molar-refractivity contribution in [2.24, 2.45) is 0 Å². The summed E-state index contributed by atoms with van der Waals surface area (Å²) in [5, 5.41) is 3.38. The molecular weight excluding hydrogens is 275 g/mol. The summed E-state index contributed by atoms with van der Waals surface area (Å²) in [5.74, 6) is -0.126. The van der Waals surface area contributed by atoms with Crippen molar-refractivity contribution in [1.29, 1.82) is 0 Å². The highest BCUT2D eigenvalue weighted by molar-refractivity contribution is 5.52. The molecule has 2 aromatic carbocycles. The molecule has 1 N–H and O–H groups in total. The van der Waals surface area contributed by atoms with E-state index < -0.39 is 0 Å². The zero-order valence-electron chi connectivity index (χ0n) is 13.1. The second kappa shape index (κ2) is 6.93. The molecule has 1 heterocycles. The van der Waals surface area contributed by atoms with Gasteiger partial charge < -0.3 is 10.2 Å². The number of nitrogens with zero attached hydrogens (tertiary/aromatic N) is 1. The first-order valence-electron chi connectivity index (χ1n) is 8.09. The lowest BCUT2D eigenvalue weighted by molar-refractivity contribution is 0.607. The highest BCUT2D eigenvalue weighted by Crippen LogP contribution is 2.27. The third kappa shape index (κ3) is 3.30.